The SMILES string of the molecule is C=C(C)C(=O)OCCCCCCCCC[N+](C)(C)CCCS(=O)(=O)[O-]. The molecule has 0 aromatic rings. The Balaban J connectivity index is 3.50. The molecule has 0 radical (unpaired) electrons. The number of hydrogen-bond acceptors (Lipinski definition) is 5. The first-order valence-electron chi connectivity index (χ1n) is 9.12. The normalized spacial score (nSPS) is 12.2. The topological polar surface area (TPSA) is 83.5 Å². The van der Waals surface area contributed by atoms with Crippen LogP contribution in [0.2, 0.25) is 0 Å². The van der Waals surface area contributed by atoms with E-state index >= 15 is 0 Å². The molecule has 0 fully saturated rings. The van der Waals surface area contributed by atoms with Crippen LogP contribution in [0.15, 0.2) is 12.2 Å². The summed E-state index contributed by atoms with van der Waals surface area (Å²) in [6.45, 7) is 7.36. The molecule has 0 aliphatic carbocycles. The van der Waals surface area contributed by atoms with E-state index in [2.05, 4.69) is 20.7 Å². The van der Waals surface area contributed by atoms with Crippen molar-refractivity contribution in [2.45, 2.75) is 58.3 Å². The number of nitrogens with zero attached hydrogens (tertiary/aromatic N) is 1. The Morgan fingerprint density at radius 3 is 1.96 bits per heavy atom. The van der Waals surface area contributed by atoms with Crippen molar-refractivity contribution in [3.05, 3.63) is 12.2 Å². The van der Waals surface area contributed by atoms with E-state index in [1.54, 1.807) is 6.92 Å². The Kier molecular flexibility index (Phi) is 12.0. The number of quaternary nitrogens is 1. The number of rotatable bonds is 15. The quantitative estimate of drug-likeness (QED) is 0.144. The predicted molar refractivity (Wildman–Crippen MR) is 99.1 cm³/mol. The van der Waals surface area contributed by atoms with Gasteiger partial charge in [-0.1, -0.05) is 32.3 Å². The van der Waals surface area contributed by atoms with Gasteiger partial charge in [0.15, 0.2) is 0 Å². The van der Waals surface area contributed by atoms with Crippen molar-refractivity contribution in [1.29, 1.82) is 0 Å². The molecule has 0 saturated carbocycles. The van der Waals surface area contributed by atoms with Gasteiger partial charge in [-0.2, -0.15) is 0 Å². The fourth-order valence-corrected chi connectivity index (χ4v) is 3.08. The monoisotopic (exact) mass is 377 g/mol. The van der Waals surface area contributed by atoms with Gasteiger partial charge in [-0.05, 0) is 26.2 Å². The molecule has 0 aliphatic rings. The van der Waals surface area contributed by atoms with Crippen LogP contribution in [-0.2, 0) is 19.6 Å². The third kappa shape index (κ3) is 16.3. The molecule has 0 saturated heterocycles. The third-order valence-electron chi connectivity index (χ3n) is 4.15. The van der Waals surface area contributed by atoms with Crippen molar-refractivity contribution < 1.29 is 27.0 Å². The van der Waals surface area contributed by atoms with Gasteiger partial charge < -0.3 is 13.8 Å². The summed E-state index contributed by atoms with van der Waals surface area (Å²) in [7, 11) is 0.0563. The van der Waals surface area contributed by atoms with Crippen LogP contribution in [-0.4, -0.2) is 63.0 Å². The van der Waals surface area contributed by atoms with Gasteiger partial charge in [0.2, 0.25) is 0 Å². The molecule has 7 heteroatoms. The van der Waals surface area contributed by atoms with E-state index in [0.717, 1.165) is 43.1 Å². The zero-order chi connectivity index (χ0) is 19.3. The molecule has 0 aromatic heterocycles. The molecule has 6 nitrogen and oxygen atoms in total. The highest BCUT2D eigenvalue weighted by molar-refractivity contribution is 7.85. The lowest BCUT2D eigenvalue weighted by atomic mass is 10.1. The third-order valence-corrected chi connectivity index (χ3v) is 4.94. The lowest BCUT2D eigenvalue weighted by Gasteiger charge is -2.30. The van der Waals surface area contributed by atoms with Crippen molar-refractivity contribution in [3.63, 3.8) is 0 Å². The van der Waals surface area contributed by atoms with Crippen LogP contribution in [0.1, 0.15) is 58.3 Å². The summed E-state index contributed by atoms with van der Waals surface area (Å²) in [5.41, 5.74) is 0.441. The number of carbonyl (C=O) groups is 1. The highest BCUT2D eigenvalue weighted by atomic mass is 32.2. The Labute approximate surface area is 153 Å². The van der Waals surface area contributed by atoms with Crippen LogP contribution < -0.4 is 0 Å². The fourth-order valence-electron chi connectivity index (χ4n) is 2.60. The summed E-state index contributed by atoms with van der Waals surface area (Å²) in [5, 5.41) is 0. The van der Waals surface area contributed by atoms with Crippen molar-refractivity contribution >= 4 is 16.1 Å². The molecular weight excluding hydrogens is 342 g/mol. The molecular formula is C18H35NO5S. The molecule has 0 spiro atoms. The van der Waals surface area contributed by atoms with Gasteiger partial charge in [0, 0.05) is 17.7 Å². The van der Waals surface area contributed by atoms with Crippen LogP contribution in [0, 0.1) is 0 Å². The van der Waals surface area contributed by atoms with Crippen LogP contribution in [0.3, 0.4) is 0 Å². The van der Waals surface area contributed by atoms with Gasteiger partial charge in [-0.25, -0.2) is 13.2 Å². The first-order chi connectivity index (χ1) is 11.5. The fraction of sp³-hybridized carbons (Fsp3) is 0.833. The number of esters is 1. The van der Waals surface area contributed by atoms with Gasteiger partial charge >= 0.3 is 5.97 Å². The smallest absolute Gasteiger partial charge is 0.333 e. The van der Waals surface area contributed by atoms with E-state index in [-0.39, 0.29) is 11.7 Å². The summed E-state index contributed by atoms with van der Waals surface area (Å²) in [6.07, 6.45) is 8.15. The summed E-state index contributed by atoms with van der Waals surface area (Å²) in [6, 6.07) is 0. The Hall–Kier alpha value is -0.920. The van der Waals surface area contributed by atoms with Crippen molar-refractivity contribution in [1.82, 2.24) is 0 Å². The molecule has 0 rings (SSSR count). The zero-order valence-electron chi connectivity index (χ0n) is 16.1. The van der Waals surface area contributed by atoms with Crippen molar-refractivity contribution in [2.75, 3.05) is 39.5 Å². The molecule has 0 amide bonds. The standard InChI is InChI=1S/C18H35NO5S/c1-17(2)18(20)24-15-11-9-7-5-6-8-10-13-19(3,4)14-12-16-25(21,22)23/h1,5-16H2,2-4H3. The second kappa shape index (κ2) is 12.4. The van der Waals surface area contributed by atoms with E-state index in [1.165, 1.54) is 12.8 Å². The van der Waals surface area contributed by atoms with Crippen LogP contribution in [0.4, 0.5) is 0 Å². The highest BCUT2D eigenvalue weighted by Crippen LogP contribution is 2.10. The Morgan fingerprint density at radius 1 is 0.960 bits per heavy atom. The van der Waals surface area contributed by atoms with Gasteiger partial charge in [-0.15, -0.1) is 0 Å². The molecule has 25 heavy (non-hydrogen) atoms. The molecule has 0 aromatic carbocycles. The minimum Gasteiger partial charge on any atom is -0.748 e. The van der Waals surface area contributed by atoms with Gasteiger partial charge in [0.25, 0.3) is 0 Å². The molecule has 0 unspecified atom stereocenters. The maximum absolute atomic E-state index is 11.2. The number of unbranched alkanes of at least 4 members (excludes halogenated alkanes) is 6. The molecule has 0 heterocycles. The average Bonchev–Trinajstić information content (AvgIpc) is 2.47. The predicted octanol–water partition coefficient (Wildman–Crippen LogP) is 2.85. The van der Waals surface area contributed by atoms with Crippen molar-refractivity contribution in [3.8, 4) is 0 Å². The number of carbonyl (C=O) groups excluding carboxylic acids is 1. The van der Waals surface area contributed by atoms with E-state index < -0.39 is 10.1 Å². The lowest BCUT2D eigenvalue weighted by molar-refractivity contribution is -0.890. The Morgan fingerprint density at radius 2 is 1.44 bits per heavy atom. The second-order valence-electron chi connectivity index (χ2n) is 7.39. The average molecular weight is 378 g/mol. The van der Waals surface area contributed by atoms with E-state index in [0.29, 0.717) is 25.1 Å². The molecule has 0 aliphatic heterocycles. The highest BCUT2D eigenvalue weighted by Gasteiger charge is 2.14. The van der Waals surface area contributed by atoms with Gasteiger partial charge in [0.05, 0.1) is 43.9 Å². The lowest BCUT2D eigenvalue weighted by Crippen LogP contribution is -2.41. The minimum absolute atomic E-state index is 0.268. The molecule has 148 valence electrons. The van der Waals surface area contributed by atoms with Crippen LogP contribution >= 0.6 is 0 Å². The van der Waals surface area contributed by atoms with E-state index in [1.807, 2.05) is 0 Å². The first-order valence-corrected chi connectivity index (χ1v) is 10.7. The maximum Gasteiger partial charge on any atom is 0.333 e. The minimum atomic E-state index is -4.09. The van der Waals surface area contributed by atoms with Crippen molar-refractivity contribution in [2.24, 2.45) is 0 Å². The summed E-state index contributed by atoms with van der Waals surface area (Å²) >= 11 is 0. The summed E-state index contributed by atoms with van der Waals surface area (Å²) in [4.78, 5) is 11.2. The van der Waals surface area contributed by atoms with E-state index in [4.69, 9.17) is 4.74 Å². The Bertz CT molecular complexity index is 500. The largest absolute Gasteiger partial charge is 0.748 e. The maximum atomic E-state index is 11.2. The van der Waals surface area contributed by atoms with Crippen LogP contribution in [0.25, 0.3) is 0 Å². The van der Waals surface area contributed by atoms with Crippen LogP contribution in [0.5, 0.6) is 0 Å². The van der Waals surface area contributed by atoms with E-state index in [9.17, 15) is 17.8 Å². The van der Waals surface area contributed by atoms with Gasteiger partial charge in [-0.3, -0.25) is 0 Å². The summed E-state index contributed by atoms with van der Waals surface area (Å²) < 4.78 is 37.6. The molecule has 0 N–H and O–H groups in total. The first kappa shape index (κ1) is 24.1. The molecule has 0 bridgehead atoms. The van der Waals surface area contributed by atoms with Gasteiger partial charge in [0.1, 0.15) is 0 Å². The zero-order valence-corrected chi connectivity index (χ0v) is 16.9. The molecule has 0 atom stereocenters. The number of ether oxygens (including phenoxy) is 1. The second-order valence-corrected chi connectivity index (χ2v) is 8.91. The summed E-state index contributed by atoms with van der Waals surface area (Å²) in [5.74, 6) is -0.579. The number of hydrogen-bond donors (Lipinski definition) is 0.